The van der Waals surface area contributed by atoms with Crippen LogP contribution >= 0.6 is 0 Å². The molecule has 19 heavy (non-hydrogen) atoms. The largest absolute Gasteiger partial charge is 0.393 e. The van der Waals surface area contributed by atoms with Crippen molar-refractivity contribution in [2.75, 3.05) is 6.26 Å². The number of aliphatic hydroxyl groups is 1. The molecule has 0 heterocycles. The second-order valence-electron chi connectivity index (χ2n) is 6.90. The second-order valence-corrected chi connectivity index (χ2v) is 9.23. The summed E-state index contributed by atoms with van der Waals surface area (Å²) in [6.07, 6.45) is 9.17. The van der Waals surface area contributed by atoms with Gasteiger partial charge in [0.15, 0.2) is 0 Å². The van der Waals surface area contributed by atoms with Crippen LogP contribution in [-0.2, 0) is 9.84 Å². The first-order valence-electron chi connectivity index (χ1n) is 7.75. The molecule has 5 atom stereocenters. The van der Waals surface area contributed by atoms with Crippen molar-refractivity contribution in [3.05, 3.63) is 0 Å². The molecule has 0 aliphatic heterocycles. The standard InChI is InChI=1S/C15H28O3S/c1-11-5-3-6-12(9-11)15(16)13-7-4-8-14(10-13)19(2,17)18/h11-16H,3-10H2,1-2H3. The van der Waals surface area contributed by atoms with Crippen molar-refractivity contribution < 1.29 is 13.5 Å². The smallest absolute Gasteiger partial charge is 0.150 e. The van der Waals surface area contributed by atoms with Crippen LogP contribution in [0.1, 0.15) is 58.3 Å². The molecule has 2 saturated carbocycles. The fourth-order valence-corrected chi connectivity index (χ4v) is 5.25. The normalized spacial score (nSPS) is 38.9. The van der Waals surface area contributed by atoms with E-state index in [0.29, 0.717) is 18.3 Å². The van der Waals surface area contributed by atoms with Crippen LogP contribution in [0.4, 0.5) is 0 Å². The molecule has 112 valence electrons. The Balaban J connectivity index is 1.96. The van der Waals surface area contributed by atoms with Gasteiger partial charge in [-0.2, -0.15) is 0 Å². The number of aliphatic hydroxyl groups excluding tert-OH is 1. The second kappa shape index (κ2) is 6.13. The lowest BCUT2D eigenvalue weighted by atomic mass is 9.73. The topological polar surface area (TPSA) is 54.4 Å². The summed E-state index contributed by atoms with van der Waals surface area (Å²) in [7, 11) is -2.94. The van der Waals surface area contributed by atoms with Crippen LogP contribution in [0.3, 0.4) is 0 Å². The van der Waals surface area contributed by atoms with Crippen molar-refractivity contribution in [2.24, 2.45) is 17.8 Å². The molecule has 0 bridgehead atoms. The van der Waals surface area contributed by atoms with Crippen molar-refractivity contribution in [1.82, 2.24) is 0 Å². The predicted octanol–water partition coefficient (Wildman–Crippen LogP) is 2.78. The maximum atomic E-state index is 11.7. The van der Waals surface area contributed by atoms with Crippen LogP contribution < -0.4 is 0 Å². The summed E-state index contributed by atoms with van der Waals surface area (Å²) in [5.74, 6) is 1.30. The van der Waals surface area contributed by atoms with Gasteiger partial charge in [-0.15, -0.1) is 0 Å². The van der Waals surface area contributed by atoms with Crippen LogP contribution in [0.15, 0.2) is 0 Å². The van der Waals surface area contributed by atoms with Crippen LogP contribution in [-0.4, -0.2) is 31.1 Å². The SMILES string of the molecule is CC1CCCC(C(O)C2CCCC(S(C)(=O)=O)C2)C1. The third-order valence-electron chi connectivity index (χ3n) is 5.22. The number of rotatable bonds is 3. The molecule has 0 aromatic carbocycles. The van der Waals surface area contributed by atoms with Crippen LogP contribution in [0.2, 0.25) is 0 Å². The minimum atomic E-state index is -2.94. The first kappa shape index (κ1) is 15.3. The third kappa shape index (κ3) is 3.94. The van der Waals surface area contributed by atoms with Gasteiger partial charge in [-0.25, -0.2) is 8.42 Å². The Morgan fingerprint density at radius 2 is 1.58 bits per heavy atom. The highest BCUT2D eigenvalue weighted by Gasteiger charge is 2.36. The third-order valence-corrected chi connectivity index (χ3v) is 6.85. The summed E-state index contributed by atoms with van der Waals surface area (Å²) in [4.78, 5) is 0. The molecule has 0 radical (unpaired) electrons. The average molecular weight is 288 g/mol. The lowest BCUT2D eigenvalue weighted by Crippen LogP contribution is -2.38. The Kier molecular flexibility index (Phi) is 4.93. The molecule has 1 N–H and O–H groups in total. The predicted molar refractivity (Wildman–Crippen MR) is 77.7 cm³/mol. The molecule has 3 nitrogen and oxygen atoms in total. The van der Waals surface area contributed by atoms with Gasteiger partial charge < -0.3 is 5.11 Å². The number of hydrogen-bond acceptors (Lipinski definition) is 3. The van der Waals surface area contributed by atoms with E-state index in [1.165, 1.54) is 19.1 Å². The molecule has 0 aromatic rings. The maximum absolute atomic E-state index is 11.7. The summed E-state index contributed by atoms with van der Waals surface area (Å²) in [5, 5.41) is 10.4. The van der Waals surface area contributed by atoms with Crippen molar-refractivity contribution in [1.29, 1.82) is 0 Å². The van der Waals surface area contributed by atoms with Gasteiger partial charge in [-0.1, -0.05) is 26.2 Å². The first-order chi connectivity index (χ1) is 8.88. The van der Waals surface area contributed by atoms with Gasteiger partial charge >= 0.3 is 0 Å². The number of sulfone groups is 1. The fraction of sp³-hybridized carbons (Fsp3) is 1.00. The summed E-state index contributed by atoms with van der Waals surface area (Å²) in [5.41, 5.74) is 0. The molecular formula is C15H28O3S. The average Bonchev–Trinajstić information content (AvgIpc) is 2.37. The molecule has 0 saturated heterocycles. The van der Waals surface area contributed by atoms with Crippen LogP contribution in [0.25, 0.3) is 0 Å². The van der Waals surface area contributed by atoms with Gasteiger partial charge in [-0.05, 0) is 49.9 Å². The van der Waals surface area contributed by atoms with Crippen molar-refractivity contribution in [2.45, 2.75) is 69.6 Å². The van der Waals surface area contributed by atoms with Gasteiger partial charge in [0.05, 0.1) is 11.4 Å². The molecule has 2 aliphatic carbocycles. The van der Waals surface area contributed by atoms with E-state index in [-0.39, 0.29) is 17.3 Å². The van der Waals surface area contributed by atoms with Gasteiger partial charge in [0.2, 0.25) is 0 Å². The molecule has 0 aromatic heterocycles. The molecule has 0 spiro atoms. The zero-order valence-electron chi connectivity index (χ0n) is 12.2. The Morgan fingerprint density at radius 3 is 2.16 bits per heavy atom. The summed E-state index contributed by atoms with van der Waals surface area (Å²) in [6.45, 7) is 2.26. The fourth-order valence-electron chi connectivity index (χ4n) is 4.06. The van der Waals surface area contributed by atoms with Crippen molar-refractivity contribution in [3.63, 3.8) is 0 Å². The van der Waals surface area contributed by atoms with E-state index in [1.807, 2.05) is 0 Å². The van der Waals surface area contributed by atoms with E-state index in [0.717, 1.165) is 32.1 Å². The van der Waals surface area contributed by atoms with Gasteiger partial charge in [-0.3, -0.25) is 0 Å². The summed E-state index contributed by atoms with van der Waals surface area (Å²) in [6, 6.07) is 0. The maximum Gasteiger partial charge on any atom is 0.150 e. The van der Waals surface area contributed by atoms with Crippen molar-refractivity contribution in [3.8, 4) is 0 Å². The minimum absolute atomic E-state index is 0.198. The highest BCUT2D eigenvalue weighted by atomic mass is 32.2. The van der Waals surface area contributed by atoms with Gasteiger partial charge in [0.1, 0.15) is 9.84 Å². The Labute approximate surface area is 117 Å². The molecule has 4 heteroatoms. The van der Waals surface area contributed by atoms with E-state index in [9.17, 15) is 13.5 Å². The zero-order valence-corrected chi connectivity index (χ0v) is 13.0. The molecule has 2 rings (SSSR count). The highest BCUT2D eigenvalue weighted by Crippen LogP contribution is 2.38. The lowest BCUT2D eigenvalue weighted by Gasteiger charge is -2.38. The molecule has 5 unspecified atom stereocenters. The van der Waals surface area contributed by atoms with Crippen LogP contribution in [0, 0.1) is 17.8 Å². The number of hydrogen-bond donors (Lipinski definition) is 1. The van der Waals surface area contributed by atoms with E-state index in [1.54, 1.807) is 0 Å². The first-order valence-corrected chi connectivity index (χ1v) is 9.70. The zero-order chi connectivity index (χ0) is 14.0. The molecule has 2 fully saturated rings. The van der Waals surface area contributed by atoms with Crippen LogP contribution in [0.5, 0.6) is 0 Å². The Bertz CT molecular complexity index is 390. The van der Waals surface area contributed by atoms with E-state index >= 15 is 0 Å². The van der Waals surface area contributed by atoms with Gasteiger partial charge in [0.25, 0.3) is 0 Å². The Hall–Kier alpha value is -0.0900. The Morgan fingerprint density at radius 1 is 1.00 bits per heavy atom. The summed E-state index contributed by atoms with van der Waals surface area (Å²) < 4.78 is 23.4. The molecule has 2 aliphatic rings. The monoisotopic (exact) mass is 288 g/mol. The quantitative estimate of drug-likeness (QED) is 0.869. The lowest BCUT2D eigenvalue weighted by molar-refractivity contribution is 0.0111. The minimum Gasteiger partial charge on any atom is -0.393 e. The van der Waals surface area contributed by atoms with E-state index < -0.39 is 9.84 Å². The summed E-state index contributed by atoms with van der Waals surface area (Å²) >= 11 is 0. The van der Waals surface area contributed by atoms with E-state index in [2.05, 4.69) is 6.92 Å². The molecule has 0 amide bonds. The molecular weight excluding hydrogens is 260 g/mol. The van der Waals surface area contributed by atoms with Gasteiger partial charge in [0, 0.05) is 6.26 Å². The highest BCUT2D eigenvalue weighted by molar-refractivity contribution is 7.91. The van der Waals surface area contributed by atoms with E-state index in [4.69, 9.17) is 0 Å². The van der Waals surface area contributed by atoms with Crippen molar-refractivity contribution >= 4 is 9.84 Å².